The van der Waals surface area contributed by atoms with E-state index in [1.807, 2.05) is 24.5 Å². The summed E-state index contributed by atoms with van der Waals surface area (Å²) in [6.07, 6.45) is 2.85. The lowest BCUT2D eigenvalue weighted by Gasteiger charge is -1.98. The van der Waals surface area contributed by atoms with Crippen molar-refractivity contribution in [3.8, 4) is 0 Å². The summed E-state index contributed by atoms with van der Waals surface area (Å²) in [5.41, 5.74) is 3.08. The fraction of sp³-hybridized carbons (Fsp3) is 0.273. The van der Waals surface area contributed by atoms with Crippen LogP contribution < -0.4 is 5.32 Å². The Hall–Kier alpha value is -0.800. The second kappa shape index (κ2) is 4.62. The van der Waals surface area contributed by atoms with Gasteiger partial charge in [-0.05, 0) is 18.1 Å². The number of fused-ring (bicyclic) bond motifs is 1. The molecular weight excluding hydrogens is 242 g/mol. The highest BCUT2D eigenvalue weighted by molar-refractivity contribution is 9.09. The molecule has 3 heteroatoms. The molecule has 0 aliphatic rings. The molecule has 0 spiro atoms. The number of alkyl halides is 1. The Balaban J connectivity index is 2.17. The van der Waals surface area contributed by atoms with Crippen molar-refractivity contribution < 1.29 is 4.42 Å². The van der Waals surface area contributed by atoms with Crippen molar-refractivity contribution in [3.05, 3.63) is 36.1 Å². The molecule has 0 radical (unpaired) electrons. The van der Waals surface area contributed by atoms with Gasteiger partial charge >= 0.3 is 0 Å². The van der Waals surface area contributed by atoms with Crippen LogP contribution in [0.25, 0.3) is 11.0 Å². The standard InChI is InChI=1S/C11H12BrNO/c12-8-13-6-5-9-7-14-11-4-2-1-3-10(9)11/h1-4,7,13H,5-6,8H2. The third-order valence-electron chi connectivity index (χ3n) is 2.23. The van der Waals surface area contributed by atoms with E-state index in [1.54, 1.807) is 0 Å². The van der Waals surface area contributed by atoms with E-state index in [2.05, 4.69) is 27.3 Å². The topological polar surface area (TPSA) is 25.2 Å². The van der Waals surface area contributed by atoms with Gasteiger partial charge in [0.25, 0.3) is 0 Å². The molecule has 2 nitrogen and oxygen atoms in total. The van der Waals surface area contributed by atoms with Crippen LogP contribution in [0.15, 0.2) is 34.9 Å². The Kier molecular flexibility index (Phi) is 3.22. The van der Waals surface area contributed by atoms with Gasteiger partial charge < -0.3 is 9.73 Å². The predicted octanol–water partition coefficient (Wildman–Crippen LogP) is 2.92. The van der Waals surface area contributed by atoms with Gasteiger partial charge in [-0.15, -0.1) is 0 Å². The van der Waals surface area contributed by atoms with Crippen LogP contribution in [0.1, 0.15) is 5.56 Å². The number of halogens is 1. The first-order valence-corrected chi connectivity index (χ1v) is 5.76. The number of para-hydroxylation sites is 1. The van der Waals surface area contributed by atoms with E-state index < -0.39 is 0 Å². The van der Waals surface area contributed by atoms with Crippen LogP contribution in [0.5, 0.6) is 0 Å². The second-order valence-electron chi connectivity index (χ2n) is 3.14. The molecule has 0 unspecified atom stereocenters. The van der Waals surface area contributed by atoms with Gasteiger partial charge in [0, 0.05) is 11.9 Å². The normalized spacial score (nSPS) is 10.9. The summed E-state index contributed by atoms with van der Waals surface area (Å²) in [5.74, 6) is 0. The minimum Gasteiger partial charge on any atom is -0.464 e. The lowest BCUT2D eigenvalue weighted by Crippen LogP contribution is -2.14. The number of benzene rings is 1. The zero-order valence-corrected chi connectivity index (χ0v) is 9.38. The van der Waals surface area contributed by atoms with Crippen LogP contribution >= 0.6 is 15.9 Å². The third-order valence-corrected chi connectivity index (χ3v) is 2.62. The molecule has 0 atom stereocenters. The van der Waals surface area contributed by atoms with Crippen molar-refractivity contribution in [2.45, 2.75) is 6.42 Å². The molecule has 1 aromatic heterocycles. The summed E-state index contributed by atoms with van der Waals surface area (Å²) in [6, 6.07) is 8.13. The van der Waals surface area contributed by atoms with Crippen LogP contribution in [0.3, 0.4) is 0 Å². The van der Waals surface area contributed by atoms with E-state index in [4.69, 9.17) is 4.42 Å². The zero-order valence-electron chi connectivity index (χ0n) is 7.79. The largest absolute Gasteiger partial charge is 0.464 e. The molecular formula is C11H12BrNO. The summed E-state index contributed by atoms with van der Waals surface area (Å²) in [6.45, 7) is 0.967. The van der Waals surface area contributed by atoms with Gasteiger partial charge in [-0.2, -0.15) is 0 Å². The first-order valence-electron chi connectivity index (χ1n) is 4.63. The molecule has 0 fully saturated rings. The maximum Gasteiger partial charge on any atom is 0.134 e. The van der Waals surface area contributed by atoms with Gasteiger partial charge in [0.05, 0.1) is 11.7 Å². The summed E-state index contributed by atoms with van der Waals surface area (Å²) in [4.78, 5) is 0. The van der Waals surface area contributed by atoms with Crippen LogP contribution in [0.4, 0.5) is 0 Å². The molecule has 1 N–H and O–H groups in total. The Morgan fingerprint density at radius 1 is 1.29 bits per heavy atom. The highest BCUT2D eigenvalue weighted by atomic mass is 79.9. The first-order chi connectivity index (χ1) is 6.92. The van der Waals surface area contributed by atoms with Crippen LogP contribution in [-0.2, 0) is 6.42 Å². The number of nitrogens with one attached hydrogen (secondary N) is 1. The molecule has 1 aromatic carbocycles. The van der Waals surface area contributed by atoms with E-state index in [-0.39, 0.29) is 0 Å². The fourth-order valence-corrected chi connectivity index (χ4v) is 1.80. The van der Waals surface area contributed by atoms with Crippen LogP contribution in [-0.4, -0.2) is 12.0 Å². The van der Waals surface area contributed by atoms with E-state index in [1.165, 1.54) is 10.9 Å². The maximum absolute atomic E-state index is 5.44. The molecule has 14 heavy (non-hydrogen) atoms. The average molecular weight is 254 g/mol. The summed E-state index contributed by atoms with van der Waals surface area (Å²) >= 11 is 3.33. The molecule has 0 aliphatic carbocycles. The Bertz CT molecular complexity index is 410. The monoisotopic (exact) mass is 253 g/mol. The third kappa shape index (κ3) is 1.99. The van der Waals surface area contributed by atoms with E-state index >= 15 is 0 Å². The SMILES string of the molecule is BrCNCCc1coc2ccccc12. The predicted molar refractivity (Wildman–Crippen MR) is 61.7 cm³/mol. The molecule has 1 heterocycles. The Labute approximate surface area is 91.4 Å². The minimum atomic E-state index is 0.836. The van der Waals surface area contributed by atoms with Crippen molar-refractivity contribution in [3.63, 3.8) is 0 Å². The van der Waals surface area contributed by atoms with Crippen molar-refractivity contribution >= 4 is 26.9 Å². The van der Waals surface area contributed by atoms with E-state index in [9.17, 15) is 0 Å². The molecule has 0 saturated carbocycles. The second-order valence-corrected chi connectivity index (χ2v) is 3.70. The van der Waals surface area contributed by atoms with Crippen molar-refractivity contribution in [1.29, 1.82) is 0 Å². The minimum absolute atomic E-state index is 0.836. The molecule has 0 bridgehead atoms. The lowest BCUT2D eigenvalue weighted by atomic mass is 10.1. The van der Waals surface area contributed by atoms with Gasteiger partial charge in [-0.25, -0.2) is 0 Å². The highest BCUT2D eigenvalue weighted by Gasteiger charge is 2.03. The number of hydrogen-bond acceptors (Lipinski definition) is 2. The van der Waals surface area contributed by atoms with Gasteiger partial charge in [-0.1, -0.05) is 34.1 Å². The summed E-state index contributed by atoms with van der Waals surface area (Å²) in [5, 5.41) is 4.45. The maximum atomic E-state index is 5.44. The van der Waals surface area contributed by atoms with Crippen molar-refractivity contribution in [1.82, 2.24) is 5.32 Å². The van der Waals surface area contributed by atoms with Crippen molar-refractivity contribution in [2.24, 2.45) is 0 Å². The molecule has 74 valence electrons. The van der Waals surface area contributed by atoms with Gasteiger partial charge in [0.1, 0.15) is 5.58 Å². The van der Waals surface area contributed by atoms with Gasteiger partial charge in [-0.3, -0.25) is 0 Å². The fourth-order valence-electron chi connectivity index (χ4n) is 1.52. The average Bonchev–Trinajstić information content (AvgIpc) is 2.63. The van der Waals surface area contributed by atoms with Crippen molar-refractivity contribution in [2.75, 3.05) is 12.0 Å². The summed E-state index contributed by atoms with van der Waals surface area (Å²) < 4.78 is 5.44. The highest BCUT2D eigenvalue weighted by Crippen LogP contribution is 2.20. The molecule has 2 rings (SSSR count). The first kappa shape index (κ1) is 9.74. The van der Waals surface area contributed by atoms with Crippen LogP contribution in [0, 0.1) is 0 Å². The smallest absolute Gasteiger partial charge is 0.134 e. The quantitative estimate of drug-likeness (QED) is 0.515. The van der Waals surface area contributed by atoms with E-state index in [0.29, 0.717) is 0 Å². The van der Waals surface area contributed by atoms with Crippen LogP contribution in [0.2, 0.25) is 0 Å². The number of rotatable bonds is 4. The Morgan fingerprint density at radius 3 is 3.00 bits per heavy atom. The molecule has 0 aliphatic heterocycles. The van der Waals surface area contributed by atoms with E-state index in [0.717, 1.165) is 24.0 Å². The van der Waals surface area contributed by atoms with Gasteiger partial charge in [0.15, 0.2) is 0 Å². The molecule has 2 aromatic rings. The number of furan rings is 1. The lowest BCUT2D eigenvalue weighted by molar-refractivity contribution is 0.608. The summed E-state index contributed by atoms with van der Waals surface area (Å²) in [7, 11) is 0. The number of hydrogen-bond donors (Lipinski definition) is 1. The zero-order chi connectivity index (χ0) is 9.80. The molecule has 0 saturated heterocycles. The molecule has 0 amide bonds. The van der Waals surface area contributed by atoms with Gasteiger partial charge in [0.2, 0.25) is 0 Å². The Morgan fingerprint density at radius 2 is 2.14 bits per heavy atom.